The third-order valence-electron chi connectivity index (χ3n) is 33.9. The molecule has 17 nitrogen and oxygen atoms in total. The molecule has 17 heteroatoms. The minimum absolute atomic E-state index is 0.0741. The molecule has 7 N–H and O–H groups in total. The van der Waals surface area contributed by atoms with E-state index in [0.29, 0.717) is 12.1 Å². The molecule has 0 aromatic heterocycles. The van der Waals surface area contributed by atoms with Crippen LogP contribution < -0.4 is 0 Å². The summed E-state index contributed by atoms with van der Waals surface area (Å²) in [6.07, 6.45) is -0.496. The number of aliphatic imine (C=N–C) groups is 3. The molecule has 30 aromatic carbocycles. The molecular formula is C99H52N6O11. The highest BCUT2D eigenvalue weighted by molar-refractivity contribution is 6.82. The van der Waals surface area contributed by atoms with Gasteiger partial charge in [-0.15, -0.1) is 0 Å². The minimum atomic E-state index is -1.00. The molecular weight excluding hydrogens is 1450 g/mol. The van der Waals surface area contributed by atoms with E-state index in [1.165, 1.54) is 43.8 Å². The number of hydrogen-bond acceptors (Lipinski definition) is 10. The first-order valence-electron chi connectivity index (χ1n) is 41.5. The van der Waals surface area contributed by atoms with Crippen molar-refractivity contribution < 1.29 is 54.9 Å². The Labute approximate surface area is 645 Å². The van der Waals surface area contributed by atoms with Crippen LogP contribution in [0, 0.1) is 0 Å². The van der Waals surface area contributed by atoms with Crippen LogP contribution in [0.3, 0.4) is 0 Å². The van der Waals surface area contributed by atoms with Gasteiger partial charge in [-0.25, -0.2) is 0 Å². The van der Waals surface area contributed by atoms with E-state index >= 15 is 0 Å². The zero-order valence-corrected chi connectivity index (χ0v) is 61.4. The van der Waals surface area contributed by atoms with Crippen molar-refractivity contribution in [2.45, 2.75) is 61.2 Å². The maximum atomic E-state index is 13.0. The second kappa shape index (κ2) is 16.4. The van der Waals surface area contributed by atoms with Gasteiger partial charge in [-0.1, -0.05) is 30.3 Å². The Kier molecular flexibility index (Phi) is 8.09. The molecule has 0 amide bonds. The minimum Gasteiger partial charge on any atom is -0.497 e. The number of aliphatic carboxylic acids is 4. The fourth-order valence-corrected chi connectivity index (χ4v) is 31.7. The average Bonchev–Trinajstić information content (AvgIpc) is 1.38. The lowest BCUT2D eigenvalue weighted by Crippen LogP contribution is -2.63. The van der Waals surface area contributed by atoms with Gasteiger partial charge in [-0.2, -0.15) is 0 Å². The number of nitrogens with zero attached hydrogens (tertiary/aromatic N) is 6. The van der Waals surface area contributed by atoms with E-state index in [2.05, 4.69) is 52.4 Å². The lowest BCUT2D eigenvalue weighted by atomic mass is 9.33. The third-order valence-corrected chi connectivity index (χ3v) is 33.9. The first-order valence-corrected chi connectivity index (χ1v) is 41.5. The summed E-state index contributed by atoms with van der Waals surface area (Å²) in [6.45, 7) is 2.18. The molecule has 2 bridgehead atoms. The maximum absolute atomic E-state index is 13.0. The van der Waals surface area contributed by atoms with Crippen LogP contribution in [-0.4, -0.2) is 171 Å². The highest BCUT2D eigenvalue weighted by atomic mass is 16.4. The molecule has 544 valence electrons. The smallest absolute Gasteiger partial charge is 0.304 e. The van der Waals surface area contributed by atoms with Gasteiger partial charge in [0.2, 0.25) is 5.90 Å². The third kappa shape index (κ3) is 4.70. The average molecular weight is 1500 g/mol. The number of aliphatic hydroxyl groups is 3. The molecule has 0 heterocycles. The van der Waals surface area contributed by atoms with Crippen molar-refractivity contribution in [3.63, 3.8) is 0 Å². The Morgan fingerprint density at radius 2 is 0.457 bits per heavy atom. The Balaban J connectivity index is 0.594. The van der Waals surface area contributed by atoms with E-state index < -0.39 is 34.7 Å². The van der Waals surface area contributed by atoms with E-state index in [1.54, 1.807) is 301 Å². The summed E-state index contributed by atoms with van der Waals surface area (Å²) in [6, 6.07) is 16.6. The number of carboxylic acid groups (broad SMARTS) is 4. The zero-order valence-electron chi connectivity index (χ0n) is 61.4. The second-order valence-electron chi connectivity index (χ2n) is 37.1. The molecule has 0 fully saturated rings. The molecule has 0 aliphatic heterocycles. The Hall–Kier alpha value is -12.9. The number of benzene rings is 20. The molecule has 2 atom stereocenters. The summed E-state index contributed by atoms with van der Waals surface area (Å²) in [5.74, 6) is -4.72. The lowest BCUT2D eigenvalue weighted by molar-refractivity contribution is -0.139. The van der Waals surface area contributed by atoms with Crippen LogP contribution in [0.1, 0.15) is 100 Å². The van der Waals surface area contributed by atoms with Gasteiger partial charge in [0.05, 0.1) is 45.3 Å². The Morgan fingerprint density at radius 3 is 0.698 bits per heavy atom. The van der Waals surface area contributed by atoms with Crippen LogP contribution >= 0.6 is 0 Å². The zero-order chi connectivity index (χ0) is 75.1. The summed E-state index contributed by atoms with van der Waals surface area (Å²) in [4.78, 5) is 65.4. The second-order valence-corrected chi connectivity index (χ2v) is 37.1. The largest absolute Gasteiger partial charge is 0.497 e. The predicted molar refractivity (Wildman–Crippen MR) is 462 cm³/mol. The quantitative estimate of drug-likeness (QED) is 0.0137. The molecule has 7 aliphatic rings. The Morgan fingerprint density at radius 1 is 0.250 bits per heavy atom. The number of carbonyl (C=O) groups is 4. The normalized spacial score (nSPS) is 20.1. The number of rotatable bonds is 28. The molecule has 30 aromatic rings. The first-order chi connectivity index (χ1) is 56.8. The topological polar surface area (TPSA) is 257 Å². The van der Waals surface area contributed by atoms with Gasteiger partial charge in [-0.05, 0) is 347 Å². The van der Waals surface area contributed by atoms with Crippen LogP contribution in [0.4, 0.5) is 0 Å². The van der Waals surface area contributed by atoms with Gasteiger partial charge < -0.3 is 50.4 Å². The first kappa shape index (κ1) is 57.2. The summed E-state index contributed by atoms with van der Waals surface area (Å²) < 4.78 is 0. The van der Waals surface area contributed by atoms with Crippen LogP contribution in [0.2, 0.25) is 0 Å². The van der Waals surface area contributed by atoms with E-state index in [0.717, 1.165) is 0 Å². The summed E-state index contributed by atoms with van der Waals surface area (Å²) in [7, 11) is 0. The van der Waals surface area contributed by atoms with Crippen molar-refractivity contribution in [1.82, 2.24) is 14.7 Å². The predicted octanol–water partition coefficient (Wildman–Crippen LogP) is 19.4. The summed E-state index contributed by atoms with van der Waals surface area (Å²) in [5.41, 5.74) is 11.3. The SMILES string of the molecule is O=C(O)CCN(CCN=C(O)CCN(CCN=C(O)c1ccc2c(c1)C1c3ccccc3C2C23c4c5c6c7c8c9c(c%10c%11c2c2c4c4c%12c5c5c6c6c8c8c%13c9c9c%10c%10c%11c%11c2c2c4c4c%12c%12c5c5c6c8c6c8c%13c9c9c%10c%10c%11c2c2c4c4c%12c5c6c5c8c9c%10c2c45)C713)CCC(O)=NCCN(CCC(=O)O)CCC(=O)O)CCC(=O)O. The monoisotopic (exact) mass is 1500 g/mol. The van der Waals surface area contributed by atoms with E-state index in [1.807, 2.05) is 4.90 Å². The van der Waals surface area contributed by atoms with Crippen LogP contribution in [-0.2, 0) is 30.0 Å². The Bertz CT molecular complexity index is 9230. The van der Waals surface area contributed by atoms with E-state index in [4.69, 9.17) is 4.99 Å². The van der Waals surface area contributed by atoms with Crippen molar-refractivity contribution >= 4 is 332 Å². The summed E-state index contributed by atoms with van der Waals surface area (Å²) in [5, 5.41) is 158. The molecule has 0 saturated heterocycles. The van der Waals surface area contributed by atoms with Gasteiger partial charge in [0, 0.05) is 100.0 Å². The lowest BCUT2D eigenvalue weighted by Gasteiger charge is -2.67. The molecule has 116 heavy (non-hydrogen) atoms. The molecule has 2 unspecified atom stereocenters. The molecule has 37 rings (SSSR count). The highest BCUT2D eigenvalue weighted by Crippen LogP contribution is 2.90. The van der Waals surface area contributed by atoms with Crippen LogP contribution in [0.25, 0.3) is 291 Å². The standard InChI is InChI=1S/C99H52N6O11/c106-31(100-13-22-104(18-9-33(108)109)19-10-34(110)111)7-16-103(17-8-32(107)101-14-23-105(20-11-35(112)113)21-12-36(114)115)24-15-102-97(116)26-5-6-29-30(25-26)92-28-4-2-1-3-27(28)91(29)98-93-83-75-65-55-47-39-37-38-41-45-43(39)51-59-53(45)63-57-49(41)50-42(38)46-44-40(37)48(47)56-62-52(44)60-54(46)64-58(50)68-67(57)77-71(63)81-73(59)79(69(75)61(51)55)87(93)89(81)95-85(77)86-78(68)72(64)82-74(60)80-70(62)76(66(56)65)84(83)94(98)88(80)90(82)96(86)99(92,95)98/h1-6,25,91-92H,7-24H2,(H,100,106)(H,101,107)(H,102,116)(H,108,109)(H,110,111)(H,112,113)(H,114,115). The summed E-state index contributed by atoms with van der Waals surface area (Å²) >= 11 is 0. The fourth-order valence-electron chi connectivity index (χ4n) is 31.7. The van der Waals surface area contributed by atoms with Crippen molar-refractivity contribution in [3.05, 3.63) is 92.5 Å². The van der Waals surface area contributed by atoms with E-state index in [9.17, 15) is 54.9 Å². The van der Waals surface area contributed by atoms with Crippen molar-refractivity contribution in [3.8, 4) is 0 Å². The van der Waals surface area contributed by atoms with Crippen molar-refractivity contribution in [2.24, 2.45) is 15.0 Å². The van der Waals surface area contributed by atoms with Crippen LogP contribution in [0.15, 0.2) is 57.4 Å². The number of aliphatic hydroxyl groups excluding tert-OH is 3. The molecule has 2 spiro atoms. The van der Waals surface area contributed by atoms with Gasteiger partial charge in [0.15, 0.2) is 11.8 Å². The van der Waals surface area contributed by atoms with Crippen molar-refractivity contribution in [2.75, 3.05) is 78.5 Å². The van der Waals surface area contributed by atoms with Gasteiger partial charge in [-0.3, -0.25) is 34.2 Å². The maximum Gasteiger partial charge on any atom is 0.304 e. The van der Waals surface area contributed by atoms with Gasteiger partial charge >= 0.3 is 23.9 Å². The van der Waals surface area contributed by atoms with Gasteiger partial charge in [0.1, 0.15) is 0 Å². The van der Waals surface area contributed by atoms with Crippen LogP contribution in [0.5, 0.6) is 0 Å². The molecule has 0 radical (unpaired) electrons. The van der Waals surface area contributed by atoms with E-state index in [-0.39, 0.29) is 140 Å². The fraction of sp³-hybridized carbons (Fsp3) is 0.222. The highest BCUT2D eigenvalue weighted by Gasteiger charge is 2.78. The molecule has 0 saturated carbocycles. The van der Waals surface area contributed by atoms with Crippen molar-refractivity contribution in [1.29, 1.82) is 0 Å². The number of hydrogen-bond donors (Lipinski definition) is 7. The number of carboxylic acids is 4. The molecule has 7 aliphatic carbocycles. The van der Waals surface area contributed by atoms with Gasteiger partial charge in [0.25, 0.3) is 0 Å².